The first-order chi connectivity index (χ1) is 13.5. The molecule has 148 valence electrons. The minimum Gasteiger partial charge on any atom is -0.457 e. The molecule has 1 aliphatic rings. The lowest BCUT2D eigenvalue weighted by atomic mass is 9.67. The van der Waals surface area contributed by atoms with E-state index in [9.17, 15) is 4.79 Å². The number of thiocarbonyl (C=S) groups is 1. The molecule has 1 aliphatic carbocycles. The number of aromatic nitrogens is 1. The summed E-state index contributed by atoms with van der Waals surface area (Å²) in [4.78, 5) is 19.9. The fourth-order valence-electron chi connectivity index (χ4n) is 3.96. The van der Waals surface area contributed by atoms with E-state index >= 15 is 0 Å². The molecule has 0 amide bonds. The summed E-state index contributed by atoms with van der Waals surface area (Å²) in [7, 11) is 5.76. The first-order valence-electron chi connectivity index (χ1n) is 9.60. The molecule has 0 unspecified atom stereocenters. The van der Waals surface area contributed by atoms with Gasteiger partial charge in [0.1, 0.15) is 6.10 Å². The average molecular weight is 398 g/mol. The van der Waals surface area contributed by atoms with Gasteiger partial charge in [-0.1, -0.05) is 24.7 Å². The predicted octanol–water partition coefficient (Wildman–Crippen LogP) is 3.73. The Hall–Kier alpha value is -2.47. The molecule has 6 heteroatoms. The minimum absolute atomic E-state index is 0.315. The van der Waals surface area contributed by atoms with Crippen LogP contribution in [0.4, 0.5) is 5.69 Å². The maximum absolute atomic E-state index is 12.9. The predicted molar refractivity (Wildman–Crippen MR) is 116 cm³/mol. The van der Waals surface area contributed by atoms with Gasteiger partial charge in [0.15, 0.2) is 0 Å². The van der Waals surface area contributed by atoms with Crippen LogP contribution in [0.3, 0.4) is 0 Å². The van der Waals surface area contributed by atoms with Crippen LogP contribution < -0.4 is 10.2 Å². The van der Waals surface area contributed by atoms with Crippen molar-refractivity contribution in [1.29, 1.82) is 0 Å². The maximum Gasteiger partial charge on any atom is 0.338 e. The van der Waals surface area contributed by atoms with Gasteiger partial charge >= 0.3 is 5.97 Å². The van der Waals surface area contributed by atoms with E-state index in [-0.39, 0.29) is 12.1 Å². The SMILES string of the molecule is CNC(=S)[C@]1(c2cccnc2)CCCC[C@H]1OC(=O)c1ccc(N(C)C)cc1. The van der Waals surface area contributed by atoms with Gasteiger partial charge in [-0.25, -0.2) is 4.79 Å². The zero-order valence-electron chi connectivity index (χ0n) is 16.6. The van der Waals surface area contributed by atoms with Gasteiger partial charge in [-0.3, -0.25) is 4.98 Å². The molecule has 5 nitrogen and oxygen atoms in total. The van der Waals surface area contributed by atoms with Crippen LogP contribution in [0.5, 0.6) is 0 Å². The number of nitrogens with one attached hydrogen (secondary N) is 1. The van der Waals surface area contributed by atoms with Crippen LogP contribution in [0.25, 0.3) is 0 Å². The summed E-state index contributed by atoms with van der Waals surface area (Å²) >= 11 is 5.73. The molecule has 28 heavy (non-hydrogen) atoms. The van der Waals surface area contributed by atoms with Crippen LogP contribution >= 0.6 is 12.2 Å². The molecule has 1 aromatic heterocycles. The smallest absolute Gasteiger partial charge is 0.338 e. The van der Waals surface area contributed by atoms with Crippen molar-refractivity contribution in [3.63, 3.8) is 0 Å². The zero-order valence-corrected chi connectivity index (χ0v) is 17.5. The summed E-state index contributed by atoms with van der Waals surface area (Å²) in [6.07, 6.45) is 6.89. The molecule has 3 rings (SSSR count). The van der Waals surface area contributed by atoms with Crippen molar-refractivity contribution in [2.24, 2.45) is 0 Å². The Kier molecular flexibility index (Phi) is 6.29. The van der Waals surface area contributed by atoms with Crippen LogP contribution in [-0.2, 0) is 10.2 Å². The van der Waals surface area contributed by atoms with Crippen LogP contribution in [0.1, 0.15) is 41.6 Å². The fraction of sp³-hybridized carbons (Fsp3) is 0.409. The summed E-state index contributed by atoms with van der Waals surface area (Å²) in [5.41, 5.74) is 2.03. The Morgan fingerprint density at radius 3 is 2.61 bits per heavy atom. The molecule has 0 bridgehead atoms. The number of rotatable bonds is 5. The number of anilines is 1. The van der Waals surface area contributed by atoms with Crippen LogP contribution in [0, 0.1) is 0 Å². The highest BCUT2D eigenvalue weighted by Crippen LogP contribution is 2.42. The van der Waals surface area contributed by atoms with Gasteiger partial charge < -0.3 is 15.0 Å². The third-order valence-corrected chi connectivity index (χ3v) is 6.08. The molecular weight excluding hydrogens is 370 g/mol. The van der Waals surface area contributed by atoms with E-state index in [0.29, 0.717) is 10.6 Å². The van der Waals surface area contributed by atoms with Gasteiger partial charge in [0.2, 0.25) is 0 Å². The lowest BCUT2D eigenvalue weighted by Gasteiger charge is -2.43. The molecular formula is C22H27N3O2S. The Bertz CT molecular complexity index is 823. The first kappa shape index (κ1) is 20.3. The highest BCUT2D eigenvalue weighted by Gasteiger charge is 2.48. The molecule has 2 aromatic rings. The quantitative estimate of drug-likeness (QED) is 0.613. The Balaban J connectivity index is 1.91. The van der Waals surface area contributed by atoms with Gasteiger partial charge in [0.25, 0.3) is 0 Å². The number of likely N-dealkylation sites (N-methyl/N-ethyl adjacent to an activating group) is 1. The molecule has 0 saturated heterocycles. The normalized spacial score (nSPS) is 21.6. The highest BCUT2D eigenvalue weighted by molar-refractivity contribution is 7.80. The number of ether oxygens (including phenoxy) is 1. The second-order valence-corrected chi connectivity index (χ2v) is 7.78. The van der Waals surface area contributed by atoms with Crippen LogP contribution in [-0.4, -0.2) is 43.2 Å². The number of carbonyl (C=O) groups excluding carboxylic acids is 1. The van der Waals surface area contributed by atoms with E-state index in [1.807, 2.05) is 68.6 Å². The number of pyridine rings is 1. The molecule has 0 spiro atoms. The standard InChI is InChI=1S/C22H27N3O2S/c1-23-21(28)22(17-7-6-14-24-15-17)13-5-4-8-19(22)27-20(26)16-9-11-18(12-10-16)25(2)3/h6-7,9-12,14-15,19H,4-5,8,13H2,1-3H3,(H,23,28)/t19-,22+/m1/s1. The van der Waals surface area contributed by atoms with Gasteiger partial charge in [0, 0.05) is 39.2 Å². The van der Waals surface area contributed by atoms with Crippen LogP contribution in [0.2, 0.25) is 0 Å². The van der Waals surface area contributed by atoms with Crippen molar-refractivity contribution in [1.82, 2.24) is 10.3 Å². The fourth-order valence-corrected chi connectivity index (χ4v) is 4.32. The van der Waals surface area contributed by atoms with Crippen molar-refractivity contribution in [2.45, 2.75) is 37.2 Å². The number of hydrogen-bond donors (Lipinski definition) is 1. The van der Waals surface area contributed by atoms with Crippen LogP contribution in [0.15, 0.2) is 48.8 Å². The van der Waals surface area contributed by atoms with E-state index < -0.39 is 5.41 Å². The molecule has 0 aliphatic heterocycles. The molecule has 0 radical (unpaired) electrons. The largest absolute Gasteiger partial charge is 0.457 e. The summed E-state index contributed by atoms with van der Waals surface area (Å²) in [5, 5.41) is 3.14. The number of esters is 1. The lowest BCUT2D eigenvalue weighted by molar-refractivity contribution is 0.00431. The second-order valence-electron chi connectivity index (χ2n) is 7.37. The van der Waals surface area contributed by atoms with E-state index in [1.165, 1.54) is 0 Å². The van der Waals surface area contributed by atoms with E-state index in [1.54, 1.807) is 6.20 Å². The minimum atomic E-state index is -0.546. The van der Waals surface area contributed by atoms with Gasteiger partial charge in [-0.05, 0) is 55.2 Å². The first-order valence-corrected chi connectivity index (χ1v) is 10.0. The monoisotopic (exact) mass is 397 g/mol. The van der Waals surface area contributed by atoms with Crippen molar-refractivity contribution in [2.75, 3.05) is 26.0 Å². The zero-order chi connectivity index (χ0) is 20.1. The molecule has 1 N–H and O–H groups in total. The van der Waals surface area contributed by atoms with Crippen molar-refractivity contribution >= 4 is 28.9 Å². The summed E-state index contributed by atoms with van der Waals surface area (Å²) in [6, 6.07) is 11.4. The Morgan fingerprint density at radius 2 is 2.00 bits per heavy atom. The van der Waals surface area contributed by atoms with E-state index in [2.05, 4.69) is 10.3 Å². The second kappa shape index (κ2) is 8.69. The lowest BCUT2D eigenvalue weighted by Crippen LogP contribution is -2.53. The molecule has 1 aromatic carbocycles. The number of hydrogen-bond acceptors (Lipinski definition) is 5. The van der Waals surface area contributed by atoms with E-state index in [0.717, 1.165) is 36.9 Å². The third kappa shape index (κ3) is 3.87. The van der Waals surface area contributed by atoms with Crippen molar-refractivity contribution in [3.05, 3.63) is 59.9 Å². The van der Waals surface area contributed by atoms with E-state index in [4.69, 9.17) is 17.0 Å². The Labute approximate surface area is 172 Å². The number of nitrogens with zero attached hydrogens (tertiary/aromatic N) is 2. The van der Waals surface area contributed by atoms with Gasteiger partial charge in [-0.2, -0.15) is 0 Å². The third-order valence-electron chi connectivity index (χ3n) is 5.51. The number of benzene rings is 1. The topological polar surface area (TPSA) is 54.5 Å². The molecule has 1 fully saturated rings. The maximum atomic E-state index is 12.9. The van der Waals surface area contributed by atoms with Gasteiger partial charge in [0.05, 0.1) is 16.0 Å². The summed E-state index contributed by atoms with van der Waals surface area (Å²) < 4.78 is 6.06. The number of carbonyl (C=O) groups is 1. The molecule has 1 saturated carbocycles. The summed E-state index contributed by atoms with van der Waals surface area (Å²) in [5.74, 6) is -0.315. The average Bonchev–Trinajstić information content (AvgIpc) is 2.74. The van der Waals surface area contributed by atoms with Crippen molar-refractivity contribution < 1.29 is 9.53 Å². The molecule has 1 heterocycles. The molecule has 2 atom stereocenters. The van der Waals surface area contributed by atoms with Crippen molar-refractivity contribution in [3.8, 4) is 0 Å². The summed E-state index contributed by atoms with van der Waals surface area (Å²) in [6.45, 7) is 0. The highest BCUT2D eigenvalue weighted by atomic mass is 32.1. The van der Waals surface area contributed by atoms with Gasteiger partial charge in [-0.15, -0.1) is 0 Å². The Morgan fingerprint density at radius 1 is 1.25 bits per heavy atom.